The largest absolute Gasteiger partial charge is 0.478 e. The number of nitrogens with one attached hydrogen (secondary N) is 1. The Hall–Kier alpha value is -2.97. The maximum atomic E-state index is 13.9. The minimum absolute atomic E-state index is 0.0223. The van der Waals surface area contributed by atoms with Gasteiger partial charge in [0.25, 0.3) is 0 Å². The number of benzene rings is 1. The highest BCUT2D eigenvalue weighted by Gasteiger charge is 2.47. The molecule has 2 bridgehead atoms. The first kappa shape index (κ1) is 30.3. The molecule has 10 nitrogen and oxygen atoms in total. The van der Waals surface area contributed by atoms with Crippen LogP contribution >= 0.6 is 0 Å². The van der Waals surface area contributed by atoms with Crippen molar-refractivity contribution in [1.82, 2.24) is 9.62 Å². The third-order valence-electron chi connectivity index (χ3n) is 6.28. The third kappa shape index (κ3) is 8.83. The number of aliphatic carboxylic acids is 2. The first-order chi connectivity index (χ1) is 17.2. The van der Waals surface area contributed by atoms with E-state index < -0.39 is 45.5 Å². The van der Waals surface area contributed by atoms with E-state index in [-0.39, 0.29) is 48.2 Å². The van der Waals surface area contributed by atoms with Crippen molar-refractivity contribution in [2.75, 3.05) is 12.3 Å². The molecule has 2 aliphatic rings. The number of carbonyl (C=O) groups is 3. The van der Waals surface area contributed by atoms with Gasteiger partial charge in [0, 0.05) is 49.8 Å². The Bertz CT molecular complexity index is 1120. The van der Waals surface area contributed by atoms with Crippen LogP contribution in [0.1, 0.15) is 38.2 Å². The minimum atomic E-state index is -3.51. The van der Waals surface area contributed by atoms with Crippen LogP contribution < -0.4 is 11.1 Å². The van der Waals surface area contributed by atoms with Crippen LogP contribution in [0.2, 0.25) is 0 Å². The molecule has 0 spiro atoms. The topological polar surface area (TPSA) is 167 Å². The lowest BCUT2D eigenvalue weighted by Crippen LogP contribution is -2.51. The van der Waals surface area contributed by atoms with E-state index >= 15 is 0 Å². The number of piperidine rings is 1. The first-order valence-electron chi connectivity index (χ1n) is 11.5. The third-order valence-corrected chi connectivity index (χ3v) is 8.24. The van der Waals surface area contributed by atoms with Crippen molar-refractivity contribution >= 4 is 27.9 Å². The van der Waals surface area contributed by atoms with Crippen molar-refractivity contribution in [2.24, 2.45) is 11.7 Å². The second-order valence-corrected chi connectivity index (χ2v) is 11.0. The van der Waals surface area contributed by atoms with Crippen LogP contribution in [0.5, 0.6) is 0 Å². The van der Waals surface area contributed by atoms with E-state index in [0.717, 1.165) is 18.9 Å². The van der Waals surface area contributed by atoms with Crippen molar-refractivity contribution in [3.8, 4) is 0 Å². The second kappa shape index (κ2) is 13.0. The molecular weight excluding hydrogens is 519 g/mol. The van der Waals surface area contributed by atoms with Crippen LogP contribution in [0.3, 0.4) is 0 Å². The van der Waals surface area contributed by atoms with Gasteiger partial charge in [-0.15, -0.1) is 0 Å². The molecule has 206 valence electrons. The van der Waals surface area contributed by atoms with Gasteiger partial charge in [0.15, 0.2) is 11.6 Å². The van der Waals surface area contributed by atoms with Gasteiger partial charge in [-0.1, -0.05) is 0 Å². The number of carboxylic acid groups (broad SMARTS) is 2. The molecule has 0 aromatic heterocycles. The Morgan fingerprint density at radius 2 is 1.57 bits per heavy atom. The normalized spacial score (nSPS) is 22.2. The summed E-state index contributed by atoms with van der Waals surface area (Å²) in [5.74, 6) is -6.18. The SMILES string of the molecule is CC(=O)NCCS(=O)(=O)N1C2CCC1CC([C@H](N)Cc1cc(F)c(F)cc1F)C2.O=C(O)/C=C\C(=O)O. The van der Waals surface area contributed by atoms with E-state index in [4.69, 9.17) is 15.9 Å². The number of fused-ring (bicyclic) bond motifs is 2. The van der Waals surface area contributed by atoms with Crippen molar-refractivity contribution in [2.45, 2.75) is 57.2 Å². The number of sulfonamides is 1. The van der Waals surface area contributed by atoms with Crippen molar-refractivity contribution in [1.29, 1.82) is 0 Å². The predicted octanol–water partition coefficient (Wildman–Crippen LogP) is 1.39. The number of carbonyl (C=O) groups excluding carboxylic acids is 1. The standard InChI is InChI=1S/C19H26F3N3O3S.C4H4O4/c1-11(26)24-4-5-29(27,28)25-14-2-3-15(25)7-13(6-14)19(23)9-12-8-17(21)18(22)10-16(12)20;5-3(6)1-2-4(7)8/h8,10,13-15,19H,2-7,9,23H2,1H3,(H,24,26);1-2H,(H,5,6)(H,7,8)/b;2-1-/t13?,14?,15?,19-;/m1./s1. The number of nitrogens with zero attached hydrogens (tertiary/aromatic N) is 1. The summed E-state index contributed by atoms with van der Waals surface area (Å²) in [7, 11) is -3.51. The maximum Gasteiger partial charge on any atom is 0.328 e. The molecule has 0 aliphatic carbocycles. The molecule has 14 heteroatoms. The molecule has 1 amide bonds. The van der Waals surface area contributed by atoms with E-state index in [1.165, 1.54) is 6.92 Å². The lowest BCUT2D eigenvalue weighted by molar-refractivity contribution is -0.134. The number of hydrogen-bond acceptors (Lipinski definition) is 6. The molecule has 1 aromatic carbocycles. The maximum absolute atomic E-state index is 13.9. The summed E-state index contributed by atoms with van der Waals surface area (Å²) in [4.78, 5) is 30.1. The molecule has 3 atom stereocenters. The highest BCUT2D eigenvalue weighted by atomic mass is 32.2. The predicted molar refractivity (Wildman–Crippen MR) is 126 cm³/mol. The van der Waals surface area contributed by atoms with Gasteiger partial charge in [0.2, 0.25) is 15.9 Å². The lowest BCUT2D eigenvalue weighted by Gasteiger charge is -2.40. The Balaban J connectivity index is 0.000000521. The summed E-state index contributed by atoms with van der Waals surface area (Å²) in [5, 5.41) is 18.1. The molecule has 2 unspecified atom stereocenters. The van der Waals surface area contributed by atoms with E-state index in [9.17, 15) is 36.0 Å². The smallest absolute Gasteiger partial charge is 0.328 e. The molecule has 0 saturated carbocycles. The van der Waals surface area contributed by atoms with Gasteiger partial charge < -0.3 is 21.3 Å². The fourth-order valence-corrected chi connectivity index (χ4v) is 6.59. The van der Waals surface area contributed by atoms with Gasteiger partial charge in [-0.25, -0.2) is 31.2 Å². The number of nitrogens with two attached hydrogens (primary N) is 1. The van der Waals surface area contributed by atoms with Crippen LogP contribution in [0.4, 0.5) is 13.2 Å². The quantitative estimate of drug-likeness (QED) is 0.265. The Kier molecular flexibility index (Phi) is 10.6. The van der Waals surface area contributed by atoms with Crippen LogP contribution in [-0.2, 0) is 30.8 Å². The molecule has 2 saturated heterocycles. The van der Waals surface area contributed by atoms with Gasteiger partial charge in [-0.3, -0.25) is 4.79 Å². The highest BCUT2D eigenvalue weighted by Crippen LogP contribution is 2.41. The van der Waals surface area contributed by atoms with Gasteiger partial charge in [-0.2, -0.15) is 4.31 Å². The van der Waals surface area contributed by atoms with Crippen LogP contribution in [0, 0.1) is 23.4 Å². The number of hydrogen-bond donors (Lipinski definition) is 4. The Morgan fingerprint density at radius 1 is 1.05 bits per heavy atom. The zero-order valence-corrected chi connectivity index (χ0v) is 20.9. The molecule has 2 aliphatic heterocycles. The van der Waals surface area contributed by atoms with Crippen LogP contribution in [-0.4, -0.2) is 71.2 Å². The van der Waals surface area contributed by atoms with Crippen molar-refractivity contribution < 1.29 is 46.2 Å². The van der Waals surface area contributed by atoms with Gasteiger partial charge in [-0.05, 0) is 49.7 Å². The number of rotatable bonds is 9. The average molecular weight is 550 g/mol. The summed E-state index contributed by atoms with van der Waals surface area (Å²) in [6, 6.07) is 0.511. The van der Waals surface area contributed by atoms with Gasteiger partial charge >= 0.3 is 11.9 Å². The molecule has 3 rings (SSSR count). The van der Waals surface area contributed by atoms with E-state index in [1.807, 2.05) is 0 Å². The average Bonchev–Trinajstić information content (AvgIpc) is 3.07. The van der Waals surface area contributed by atoms with Crippen molar-refractivity contribution in [3.05, 3.63) is 47.3 Å². The number of amides is 1. The van der Waals surface area contributed by atoms with Gasteiger partial charge in [0.1, 0.15) is 5.82 Å². The summed E-state index contributed by atoms with van der Waals surface area (Å²) in [5.41, 5.74) is 6.28. The second-order valence-electron chi connectivity index (χ2n) is 8.98. The monoisotopic (exact) mass is 549 g/mol. The minimum Gasteiger partial charge on any atom is -0.478 e. The molecule has 2 heterocycles. The number of carboxylic acids is 2. The van der Waals surface area contributed by atoms with Gasteiger partial charge in [0.05, 0.1) is 5.75 Å². The van der Waals surface area contributed by atoms with Crippen LogP contribution in [0.15, 0.2) is 24.3 Å². The fraction of sp³-hybridized carbons (Fsp3) is 0.522. The molecule has 2 fully saturated rings. The zero-order chi connectivity index (χ0) is 27.9. The number of halogens is 3. The molecule has 37 heavy (non-hydrogen) atoms. The Morgan fingerprint density at radius 3 is 2.05 bits per heavy atom. The zero-order valence-electron chi connectivity index (χ0n) is 20.1. The summed E-state index contributed by atoms with van der Waals surface area (Å²) < 4.78 is 67.5. The Labute approximate surface area is 212 Å². The van der Waals surface area contributed by atoms with E-state index in [0.29, 0.717) is 31.1 Å². The molecule has 5 N–H and O–H groups in total. The summed E-state index contributed by atoms with van der Waals surface area (Å²) in [6.07, 6.45) is 3.72. The molecular formula is C23H30F3N3O7S. The summed E-state index contributed by atoms with van der Waals surface area (Å²) in [6.45, 7) is 1.39. The van der Waals surface area contributed by atoms with Crippen molar-refractivity contribution in [3.63, 3.8) is 0 Å². The molecule has 1 aromatic rings. The van der Waals surface area contributed by atoms with E-state index in [1.54, 1.807) is 4.31 Å². The van der Waals surface area contributed by atoms with E-state index in [2.05, 4.69) is 5.32 Å². The highest BCUT2D eigenvalue weighted by molar-refractivity contribution is 7.89. The summed E-state index contributed by atoms with van der Waals surface area (Å²) >= 11 is 0. The molecule has 0 radical (unpaired) electrons. The first-order valence-corrected chi connectivity index (χ1v) is 13.1. The van der Waals surface area contributed by atoms with Crippen LogP contribution in [0.25, 0.3) is 0 Å². The fourth-order valence-electron chi connectivity index (χ4n) is 4.72. The lowest BCUT2D eigenvalue weighted by atomic mass is 9.83.